The summed E-state index contributed by atoms with van der Waals surface area (Å²) in [5.41, 5.74) is 0. The van der Waals surface area contributed by atoms with Crippen LogP contribution in [0.1, 0.15) is 23.5 Å². The van der Waals surface area contributed by atoms with Gasteiger partial charge in [0, 0.05) is 36.3 Å². The zero-order valence-electron chi connectivity index (χ0n) is 15.7. The van der Waals surface area contributed by atoms with Gasteiger partial charge in [-0.2, -0.15) is 0 Å². The summed E-state index contributed by atoms with van der Waals surface area (Å²) < 4.78 is 28.7. The number of fused-ring (bicyclic) bond motifs is 2. The lowest BCUT2D eigenvalue weighted by atomic mass is 10.2. The molecule has 0 saturated heterocycles. The van der Waals surface area contributed by atoms with Crippen molar-refractivity contribution in [1.82, 2.24) is 14.7 Å². The molecule has 0 aliphatic carbocycles. The monoisotopic (exact) mass is 446 g/mol. The Hall–Kier alpha value is -2.56. The van der Waals surface area contributed by atoms with E-state index >= 15 is 0 Å². The van der Waals surface area contributed by atoms with E-state index in [0.717, 1.165) is 27.8 Å². The molecule has 10 heteroatoms. The fourth-order valence-electron chi connectivity index (χ4n) is 3.02. The highest BCUT2D eigenvalue weighted by atomic mass is 32.2. The van der Waals surface area contributed by atoms with E-state index in [9.17, 15) is 13.2 Å². The van der Waals surface area contributed by atoms with Crippen molar-refractivity contribution in [3.8, 4) is 0 Å². The summed E-state index contributed by atoms with van der Waals surface area (Å²) in [6.45, 7) is 5.82. The molecule has 1 aromatic carbocycles. The minimum atomic E-state index is -4.03. The number of nitrogens with zero attached hydrogens (tertiary/aromatic N) is 3. The fourth-order valence-corrected chi connectivity index (χ4v) is 6.51. The number of hydrogen-bond acceptors (Lipinski definition) is 8. The Bertz CT molecular complexity index is 1270. The van der Waals surface area contributed by atoms with Crippen LogP contribution in [0.5, 0.6) is 0 Å². The van der Waals surface area contributed by atoms with Crippen molar-refractivity contribution >= 4 is 64.0 Å². The van der Waals surface area contributed by atoms with Crippen molar-refractivity contribution < 1.29 is 13.2 Å². The van der Waals surface area contributed by atoms with Gasteiger partial charge in [-0.3, -0.25) is 9.78 Å². The lowest BCUT2D eigenvalue weighted by Crippen LogP contribution is -2.30. The molecule has 1 amide bonds. The minimum absolute atomic E-state index is 0.0473. The number of thiophene rings is 1. The van der Waals surface area contributed by atoms with Gasteiger partial charge in [0.1, 0.15) is 4.83 Å². The Balaban J connectivity index is 1.62. The summed E-state index contributed by atoms with van der Waals surface area (Å²) >= 11 is 2.69. The van der Waals surface area contributed by atoms with E-state index in [0.29, 0.717) is 15.6 Å². The van der Waals surface area contributed by atoms with Gasteiger partial charge in [0.15, 0.2) is 5.13 Å². The van der Waals surface area contributed by atoms with Gasteiger partial charge in [0.05, 0.1) is 14.5 Å². The van der Waals surface area contributed by atoms with Gasteiger partial charge in [-0.05, 0) is 32.0 Å². The number of carbonyl (C=O) groups is 1. The zero-order chi connectivity index (χ0) is 20.6. The topological polar surface area (TPSA) is 92.3 Å². The van der Waals surface area contributed by atoms with Gasteiger partial charge in [-0.15, -0.1) is 11.3 Å². The Morgan fingerprint density at radius 1 is 1.17 bits per heavy atom. The van der Waals surface area contributed by atoms with E-state index < -0.39 is 15.9 Å². The summed E-state index contributed by atoms with van der Waals surface area (Å²) in [6, 6.07) is 8.19. The molecule has 0 spiro atoms. The predicted molar refractivity (Wildman–Crippen MR) is 117 cm³/mol. The fraction of sp³-hybridized carbons (Fsp3) is 0.211. The maximum absolute atomic E-state index is 12.8. The average molecular weight is 447 g/mol. The number of carbonyl (C=O) groups excluding carboxylic acids is 1. The van der Waals surface area contributed by atoms with Crippen molar-refractivity contribution in [3.63, 3.8) is 0 Å². The molecule has 0 bridgehead atoms. The van der Waals surface area contributed by atoms with Crippen LogP contribution in [0, 0.1) is 0 Å². The number of amides is 1. The van der Waals surface area contributed by atoms with Gasteiger partial charge in [-0.1, -0.05) is 23.5 Å². The highest BCUT2D eigenvalue weighted by Gasteiger charge is 2.23. The number of sulfonamides is 1. The molecular formula is C19H18N4O3S3. The molecule has 0 saturated carbocycles. The van der Waals surface area contributed by atoms with Gasteiger partial charge in [0.25, 0.3) is 15.9 Å². The summed E-state index contributed by atoms with van der Waals surface area (Å²) in [5, 5.41) is 2.10. The smallest absolute Gasteiger partial charge is 0.275 e. The first-order chi connectivity index (χ1) is 13.9. The molecular weight excluding hydrogens is 428 g/mol. The molecule has 150 valence electrons. The lowest BCUT2D eigenvalue weighted by molar-refractivity contribution is 0.0985. The first-order valence-corrected chi connectivity index (χ1v) is 12.1. The quantitative estimate of drug-likeness (QED) is 0.483. The van der Waals surface area contributed by atoms with Crippen molar-refractivity contribution in [2.75, 3.05) is 18.0 Å². The number of hydrogen-bond donors (Lipinski definition) is 1. The van der Waals surface area contributed by atoms with Crippen molar-refractivity contribution in [2.45, 2.75) is 18.7 Å². The van der Waals surface area contributed by atoms with Crippen LogP contribution in [0.3, 0.4) is 0 Å². The Labute approximate surface area is 176 Å². The van der Waals surface area contributed by atoms with Crippen LogP contribution in [-0.2, 0) is 10.0 Å². The Morgan fingerprint density at radius 2 is 1.97 bits per heavy atom. The zero-order valence-corrected chi connectivity index (χ0v) is 18.2. The second-order valence-corrected chi connectivity index (χ2v) is 9.93. The van der Waals surface area contributed by atoms with Crippen LogP contribution in [0.15, 0.2) is 47.6 Å². The standard InChI is InChI=1S/C19H18N4O3S3/c1-3-23(4-2)19-21-18-15(28-19)10-14(27-18)17(24)22-29(25,26)16-7-5-6-12-11-20-9-8-13(12)16/h5-11H,3-4H2,1-2H3,(H,22,24). The normalized spacial score (nSPS) is 11.8. The second kappa shape index (κ2) is 7.69. The molecule has 29 heavy (non-hydrogen) atoms. The maximum atomic E-state index is 12.8. The molecule has 0 fully saturated rings. The van der Waals surface area contributed by atoms with Crippen molar-refractivity contribution in [3.05, 3.63) is 47.6 Å². The van der Waals surface area contributed by atoms with Crippen LogP contribution >= 0.6 is 22.7 Å². The van der Waals surface area contributed by atoms with E-state index in [1.807, 2.05) is 0 Å². The molecule has 0 aliphatic rings. The van der Waals surface area contributed by atoms with E-state index in [4.69, 9.17) is 0 Å². The summed E-state index contributed by atoms with van der Waals surface area (Å²) in [4.78, 5) is 24.5. The van der Waals surface area contributed by atoms with Gasteiger partial charge >= 0.3 is 0 Å². The van der Waals surface area contributed by atoms with Crippen LogP contribution in [0.2, 0.25) is 0 Å². The third-order valence-electron chi connectivity index (χ3n) is 4.49. The van der Waals surface area contributed by atoms with E-state index in [1.54, 1.807) is 30.5 Å². The number of pyridine rings is 1. The number of aromatic nitrogens is 2. The Kier molecular flexibility index (Phi) is 5.24. The third-order valence-corrected chi connectivity index (χ3v) is 8.10. The molecule has 0 unspecified atom stereocenters. The molecule has 3 heterocycles. The number of rotatable bonds is 6. The van der Waals surface area contributed by atoms with Crippen molar-refractivity contribution in [2.24, 2.45) is 0 Å². The number of benzene rings is 1. The molecule has 0 radical (unpaired) electrons. The molecule has 3 aromatic heterocycles. The van der Waals surface area contributed by atoms with Crippen LogP contribution in [0.25, 0.3) is 20.3 Å². The van der Waals surface area contributed by atoms with E-state index in [-0.39, 0.29) is 4.90 Å². The number of nitrogens with one attached hydrogen (secondary N) is 1. The highest BCUT2D eigenvalue weighted by Crippen LogP contribution is 2.34. The van der Waals surface area contributed by atoms with Crippen LogP contribution in [-0.4, -0.2) is 37.4 Å². The molecule has 7 nitrogen and oxygen atoms in total. The molecule has 4 aromatic rings. The van der Waals surface area contributed by atoms with E-state index in [1.165, 1.54) is 34.9 Å². The third kappa shape index (κ3) is 3.70. The molecule has 0 aliphatic heterocycles. The van der Waals surface area contributed by atoms with Gasteiger partial charge < -0.3 is 4.90 Å². The Morgan fingerprint density at radius 3 is 2.69 bits per heavy atom. The molecule has 0 atom stereocenters. The second-order valence-electron chi connectivity index (χ2n) is 6.24. The SMILES string of the molecule is CCN(CC)c1nc2sc(C(=O)NS(=O)(=O)c3cccc4cnccc34)cc2s1. The average Bonchev–Trinajstić information content (AvgIpc) is 3.27. The summed E-state index contributed by atoms with van der Waals surface area (Å²) in [6.07, 6.45) is 3.11. The van der Waals surface area contributed by atoms with Crippen molar-refractivity contribution in [1.29, 1.82) is 0 Å². The minimum Gasteiger partial charge on any atom is -0.349 e. The first-order valence-electron chi connectivity index (χ1n) is 8.98. The summed E-state index contributed by atoms with van der Waals surface area (Å²) in [5.74, 6) is -0.657. The summed E-state index contributed by atoms with van der Waals surface area (Å²) in [7, 11) is -4.03. The molecule has 4 rings (SSSR count). The maximum Gasteiger partial charge on any atom is 0.275 e. The first kappa shape index (κ1) is 19.7. The number of anilines is 1. The van der Waals surface area contributed by atoms with E-state index in [2.05, 4.69) is 33.4 Å². The lowest BCUT2D eigenvalue weighted by Gasteiger charge is -2.16. The molecule has 1 N–H and O–H groups in total. The van der Waals surface area contributed by atoms with Crippen LogP contribution < -0.4 is 9.62 Å². The number of thiazole rings is 1. The highest BCUT2D eigenvalue weighted by molar-refractivity contribution is 7.90. The van der Waals surface area contributed by atoms with Crippen LogP contribution in [0.4, 0.5) is 5.13 Å². The van der Waals surface area contributed by atoms with Gasteiger partial charge in [0.2, 0.25) is 0 Å². The predicted octanol–water partition coefficient (Wildman–Crippen LogP) is 3.87. The largest absolute Gasteiger partial charge is 0.349 e. The van der Waals surface area contributed by atoms with Gasteiger partial charge in [-0.25, -0.2) is 18.1 Å².